The molecule has 1 amide bonds. The van der Waals surface area contributed by atoms with Crippen molar-refractivity contribution in [2.75, 3.05) is 18.4 Å². The highest BCUT2D eigenvalue weighted by molar-refractivity contribution is 7.18. The molecule has 1 saturated heterocycles. The molecule has 1 unspecified atom stereocenters. The molecule has 0 bridgehead atoms. The predicted octanol–water partition coefficient (Wildman–Crippen LogP) is 2.86. The quantitative estimate of drug-likeness (QED) is 0.669. The molecule has 2 atom stereocenters. The van der Waals surface area contributed by atoms with Gasteiger partial charge in [-0.05, 0) is 43.3 Å². The number of rotatable bonds is 5. The zero-order valence-electron chi connectivity index (χ0n) is 15.2. The molecule has 138 valence electrons. The Morgan fingerprint density at radius 1 is 1.19 bits per heavy atom. The highest BCUT2D eigenvalue weighted by Crippen LogP contribution is 2.28. The van der Waals surface area contributed by atoms with Gasteiger partial charge in [-0.2, -0.15) is 0 Å². The average Bonchev–Trinajstić information content (AvgIpc) is 3.28. The Morgan fingerprint density at radius 2 is 1.96 bits per heavy atom. The monoisotopic (exact) mass is 380 g/mol. The van der Waals surface area contributed by atoms with E-state index in [4.69, 9.17) is 4.98 Å². The van der Waals surface area contributed by atoms with E-state index in [1.165, 1.54) is 16.5 Å². The predicted molar refractivity (Wildman–Crippen MR) is 107 cm³/mol. The Kier molecular flexibility index (Phi) is 5.01. The van der Waals surface area contributed by atoms with Crippen molar-refractivity contribution in [2.45, 2.75) is 25.8 Å². The fraction of sp³-hybridized carbons (Fsp3) is 0.286. The van der Waals surface area contributed by atoms with Gasteiger partial charge in [0.2, 0.25) is 0 Å². The fourth-order valence-electron chi connectivity index (χ4n) is 3.66. The second kappa shape index (κ2) is 7.58. The third-order valence-electron chi connectivity index (χ3n) is 5.05. The van der Waals surface area contributed by atoms with Crippen LogP contribution in [0.1, 0.15) is 41.2 Å². The van der Waals surface area contributed by atoms with E-state index in [1.54, 1.807) is 35.6 Å². The van der Waals surface area contributed by atoms with Gasteiger partial charge in [-0.3, -0.25) is 9.59 Å². The first-order valence-electron chi connectivity index (χ1n) is 9.21. The van der Waals surface area contributed by atoms with Gasteiger partial charge in [0.05, 0.1) is 16.8 Å². The van der Waals surface area contributed by atoms with Crippen LogP contribution in [0.4, 0.5) is 5.69 Å². The Balaban J connectivity index is 1.43. The first-order valence-corrected chi connectivity index (χ1v) is 10.0. The summed E-state index contributed by atoms with van der Waals surface area (Å²) in [4.78, 5) is 29.9. The molecule has 1 aliphatic rings. The second-order valence-corrected chi connectivity index (χ2v) is 8.04. The number of amides is 1. The smallest absolute Gasteiger partial charge is 0.279 e. The molecule has 0 aliphatic carbocycles. The van der Waals surface area contributed by atoms with Crippen molar-refractivity contribution < 1.29 is 14.5 Å². The van der Waals surface area contributed by atoms with Crippen molar-refractivity contribution in [1.82, 2.24) is 4.98 Å². The van der Waals surface area contributed by atoms with Crippen molar-refractivity contribution in [1.29, 1.82) is 0 Å². The number of quaternary nitrogens is 1. The number of hydrogen-bond acceptors (Lipinski definition) is 4. The lowest BCUT2D eigenvalue weighted by molar-refractivity contribution is -0.910. The number of ketones is 1. The molecule has 6 heteroatoms. The van der Waals surface area contributed by atoms with Gasteiger partial charge < -0.3 is 10.2 Å². The van der Waals surface area contributed by atoms with Crippen LogP contribution in [0, 0.1) is 0 Å². The molecule has 5 nitrogen and oxygen atoms in total. The number of aromatic nitrogens is 1. The van der Waals surface area contributed by atoms with Gasteiger partial charge in [0, 0.05) is 24.1 Å². The summed E-state index contributed by atoms with van der Waals surface area (Å²) in [5.41, 5.74) is 2.41. The number of anilines is 1. The fourth-order valence-corrected chi connectivity index (χ4v) is 4.82. The van der Waals surface area contributed by atoms with Gasteiger partial charge in [0.15, 0.2) is 17.3 Å². The summed E-state index contributed by atoms with van der Waals surface area (Å²) in [5, 5.41) is 4.07. The van der Waals surface area contributed by atoms with Gasteiger partial charge in [-0.1, -0.05) is 12.1 Å². The number of hydrogen-bond donors (Lipinski definition) is 2. The molecule has 1 aromatic heterocycles. The molecule has 2 N–H and O–H groups in total. The minimum atomic E-state index is -0.00594. The van der Waals surface area contributed by atoms with E-state index >= 15 is 0 Å². The summed E-state index contributed by atoms with van der Waals surface area (Å²) in [6.45, 7) is 2.94. The maximum Gasteiger partial charge on any atom is 0.279 e. The van der Waals surface area contributed by atoms with Crippen molar-refractivity contribution in [2.24, 2.45) is 0 Å². The number of carbonyl (C=O) groups is 2. The number of likely N-dealkylation sites (tertiary alicyclic amines) is 1. The van der Waals surface area contributed by atoms with E-state index in [-0.39, 0.29) is 17.7 Å². The maximum absolute atomic E-state index is 12.5. The van der Waals surface area contributed by atoms with Crippen LogP contribution in [-0.4, -0.2) is 29.8 Å². The third-order valence-corrected chi connectivity index (χ3v) is 6.20. The van der Waals surface area contributed by atoms with Crippen LogP contribution < -0.4 is 10.2 Å². The SMILES string of the molecule is CC(=O)c1ccc(NC(=O)C[NH+]2CCC[C@H]2c2nc3ccccc3s2)cc1. The topological polar surface area (TPSA) is 63.5 Å². The normalized spacial score (nSPS) is 19.3. The van der Waals surface area contributed by atoms with E-state index in [0.717, 1.165) is 35.6 Å². The van der Waals surface area contributed by atoms with Gasteiger partial charge in [0.25, 0.3) is 5.91 Å². The molecule has 27 heavy (non-hydrogen) atoms. The number of Topliss-reactive ketones (excluding diaryl/α,β-unsaturated/α-hetero) is 1. The van der Waals surface area contributed by atoms with E-state index < -0.39 is 0 Å². The van der Waals surface area contributed by atoms with E-state index in [2.05, 4.69) is 11.4 Å². The minimum absolute atomic E-state index is 0.00594. The Morgan fingerprint density at radius 3 is 2.70 bits per heavy atom. The number of thiazole rings is 1. The zero-order chi connectivity index (χ0) is 18.8. The standard InChI is InChI=1S/C21H21N3O2S/c1-14(25)15-8-10-16(11-9-15)22-20(26)13-24-12-4-6-18(24)21-23-17-5-2-3-7-19(17)27-21/h2-3,5,7-11,18H,4,6,12-13H2,1H3,(H,22,26)/p+1/t18-/m0/s1. The van der Waals surface area contributed by atoms with Gasteiger partial charge in [-0.15, -0.1) is 11.3 Å². The van der Waals surface area contributed by atoms with Crippen molar-refractivity contribution in [3.63, 3.8) is 0 Å². The number of benzene rings is 2. The third kappa shape index (κ3) is 3.91. The first kappa shape index (κ1) is 17.8. The van der Waals surface area contributed by atoms with Crippen molar-refractivity contribution in [3.8, 4) is 0 Å². The lowest BCUT2D eigenvalue weighted by Crippen LogP contribution is -3.11. The Labute approximate surface area is 162 Å². The molecule has 2 aromatic carbocycles. The highest BCUT2D eigenvalue weighted by atomic mass is 32.1. The van der Waals surface area contributed by atoms with Gasteiger partial charge >= 0.3 is 0 Å². The average molecular weight is 380 g/mol. The van der Waals surface area contributed by atoms with Crippen molar-refractivity contribution >= 4 is 38.9 Å². The first-order chi connectivity index (χ1) is 13.1. The molecule has 1 aliphatic heterocycles. The highest BCUT2D eigenvalue weighted by Gasteiger charge is 2.34. The molecule has 2 heterocycles. The van der Waals surface area contributed by atoms with Crippen LogP contribution in [0.5, 0.6) is 0 Å². The lowest BCUT2D eigenvalue weighted by Gasteiger charge is -2.19. The maximum atomic E-state index is 12.5. The largest absolute Gasteiger partial charge is 0.321 e. The van der Waals surface area contributed by atoms with E-state index in [1.807, 2.05) is 18.2 Å². The van der Waals surface area contributed by atoms with Crippen LogP contribution in [0.25, 0.3) is 10.2 Å². The second-order valence-electron chi connectivity index (χ2n) is 6.98. The molecular weight excluding hydrogens is 358 g/mol. The van der Waals surface area contributed by atoms with Crippen LogP contribution in [-0.2, 0) is 4.79 Å². The van der Waals surface area contributed by atoms with E-state index in [0.29, 0.717) is 12.1 Å². The van der Waals surface area contributed by atoms with Crippen LogP contribution >= 0.6 is 11.3 Å². The molecule has 1 fully saturated rings. The lowest BCUT2D eigenvalue weighted by atomic mass is 10.1. The number of nitrogens with zero attached hydrogens (tertiary/aromatic N) is 1. The number of nitrogens with one attached hydrogen (secondary N) is 2. The summed E-state index contributed by atoms with van der Waals surface area (Å²) in [5.74, 6) is 0.0154. The summed E-state index contributed by atoms with van der Waals surface area (Å²) in [6, 6.07) is 15.5. The Bertz CT molecular complexity index is 948. The van der Waals surface area contributed by atoms with Gasteiger partial charge in [-0.25, -0.2) is 4.98 Å². The molecule has 0 saturated carbocycles. The number of carbonyl (C=O) groups excluding carboxylic acids is 2. The van der Waals surface area contributed by atoms with Crippen LogP contribution in [0.3, 0.4) is 0 Å². The van der Waals surface area contributed by atoms with Crippen LogP contribution in [0.2, 0.25) is 0 Å². The summed E-state index contributed by atoms with van der Waals surface area (Å²) >= 11 is 1.74. The summed E-state index contributed by atoms with van der Waals surface area (Å²) in [6.07, 6.45) is 2.17. The molecule has 0 spiro atoms. The number of para-hydroxylation sites is 1. The summed E-state index contributed by atoms with van der Waals surface area (Å²) < 4.78 is 1.20. The van der Waals surface area contributed by atoms with Gasteiger partial charge in [0.1, 0.15) is 6.04 Å². The molecule has 3 aromatic rings. The summed E-state index contributed by atoms with van der Waals surface area (Å²) in [7, 11) is 0. The Hall–Kier alpha value is -2.57. The molecular formula is C21H22N3O2S+. The molecule has 4 rings (SSSR count). The zero-order valence-corrected chi connectivity index (χ0v) is 16.0. The van der Waals surface area contributed by atoms with E-state index in [9.17, 15) is 9.59 Å². The number of fused-ring (bicyclic) bond motifs is 1. The van der Waals surface area contributed by atoms with Crippen LogP contribution in [0.15, 0.2) is 48.5 Å². The minimum Gasteiger partial charge on any atom is -0.321 e. The molecule has 0 radical (unpaired) electrons. The van der Waals surface area contributed by atoms with Crippen molar-refractivity contribution in [3.05, 3.63) is 59.1 Å².